The first kappa shape index (κ1) is 31.1. The van der Waals surface area contributed by atoms with E-state index in [0.717, 1.165) is 12.1 Å². The number of aliphatic carboxylic acids is 1. The highest BCUT2D eigenvalue weighted by molar-refractivity contribution is 7.89. The van der Waals surface area contributed by atoms with Gasteiger partial charge < -0.3 is 19.5 Å². The smallest absolute Gasteiger partial charge is 0.416 e. The lowest BCUT2D eigenvalue weighted by atomic mass is 10.0. The zero-order chi connectivity index (χ0) is 31.4. The molecule has 0 fully saturated rings. The maximum atomic E-state index is 13.3. The number of halogens is 3. The van der Waals surface area contributed by atoms with Crippen molar-refractivity contribution in [3.05, 3.63) is 95.2 Å². The van der Waals surface area contributed by atoms with Gasteiger partial charge in [-0.3, -0.25) is 4.79 Å². The van der Waals surface area contributed by atoms with Gasteiger partial charge in [0.25, 0.3) is 0 Å². The molecule has 9 nitrogen and oxygen atoms in total. The fourth-order valence-electron chi connectivity index (χ4n) is 4.40. The molecule has 0 aliphatic heterocycles. The van der Waals surface area contributed by atoms with E-state index in [2.05, 4.69) is 16.6 Å². The van der Waals surface area contributed by atoms with Crippen LogP contribution in [0.15, 0.2) is 77.8 Å². The van der Waals surface area contributed by atoms with Crippen LogP contribution in [0.1, 0.15) is 34.0 Å². The van der Waals surface area contributed by atoms with Crippen LogP contribution in [-0.4, -0.2) is 47.8 Å². The average molecular weight is 615 g/mol. The predicted octanol–water partition coefficient (Wildman–Crippen LogP) is 4.78. The maximum Gasteiger partial charge on any atom is 0.416 e. The number of aromatic carboxylic acids is 1. The van der Waals surface area contributed by atoms with Gasteiger partial charge in [-0.15, -0.1) is 5.92 Å². The van der Waals surface area contributed by atoms with Gasteiger partial charge >= 0.3 is 18.1 Å². The van der Waals surface area contributed by atoms with Crippen molar-refractivity contribution in [3.8, 4) is 17.6 Å². The molecule has 0 aliphatic rings. The Morgan fingerprint density at radius 2 is 1.77 bits per heavy atom. The number of nitrogens with one attached hydrogen (secondary N) is 1. The SMILES string of the molecule is CC#CCOc1ccc(S(=O)(=O)N[C@@H](Cc2cn(Cc3cccc(C(F)(F)F)c3)c3ccc(C(=O)O)cc23)C(=O)O)cc1. The van der Waals surface area contributed by atoms with Crippen molar-refractivity contribution in [2.75, 3.05) is 6.61 Å². The van der Waals surface area contributed by atoms with Gasteiger partial charge in [-0.05, 0) is 72.6 Å². The molecule has 0 saturated heterocycles. The van der Waals surface area contributed by atoms with Gasteiger partial charge in [-0.2, -0.15) is 17.9 Å². The van der Waals surface area contributed by atoms with E-state index in [9.17, 15) is 41.4 Å². The molecule has 3 aromatic carbocycles. The summed E-state index contributed by atoms with van der Waals surface area (Å²) in [7, 11) is -4.32. The number of rotatable bonds is 11. The number of alkyl halides is 3. The Balaban J connectivity index is 1.66. The number of benzene rings is 3. The van der Waals surface area contributed by atoms with Gasteiger partial charge in [0, 0.05) is 30.1 Å². The zero-order valence-corrected chi connectivity index (χ0v) is 23.4. The molecular weight excluding hydrogens is 589 g/mol. The molecule has 4 rings (SSSR count). The third-order valence-corrected chi connectivity index (χ3v) is 7.95. The van der Waals surface area contributed by atoms with E-state index in [1.54, 1.807) is 11.5 Å². The largest absolute Gasteiger partial charge is 0.481 e. The Morgan fingerprint density at radius 3 is 2.40 bits per heavy atom. The quantitative estimate of drug-likeness (QED) is 0.207. The van der Waals surface area contributed by atoms with Crippen molar-refractivity contribution < 1.29 is 46.1 Å². The number of hydrogen-bond acceptors (Lipinski definition) is 5. The fraction of sp³-hybridized carbons (Fsp3) is 0.200. The van der Waals surface area contributed by atoms with Crippen LogP contribution in [0, 0.1) is 11.8 Å². The summed E-state index contributed by atoms with van der Waals surface area (Å²) in [5.41, 5.74) is 0.0497. The number of sulfonamides is 1. The summed E-state index contributed by atoms with van der Waals surface area (Å²) in [5, 5.41) is 19.7. The lowest BCUT2D eigenvalue weighted by Gasteiger charge is -2.15. The number of nitrogens with zero attached hydrogens (tertiary/aromatic N) is 1. The molecule has 1 aromatic heterocycles. The molecule has 0 saturated carbocycles. The molecule has 1 atom stereocenters. The number of ether oxygens (including phenoxy) is 1. The first-order valence-electron chi connectivity index (χ1n) is 12.7. The molecule has 3 N–H and O–H groups in total. The molecular formula is C30H25F3N2O7S. The van der Waals surface area contributed by atoms with Crippen LogP contribution in [0.3, 0.4) is 0 Å². The van der Waals surface area contributed by atoms with Crippen molar-refractivity contribution in [2.24, 2.45) is 0 Å². The monoisotopic (exact) mass is 614 g/mol. The standard InChI is InChI=1S/C30H25F3N2O7S/c1-2-3-13-42-23-8-10-24(11-9-23)43(40,41)34-26(29(38)39)16-21-18-35(27-12-7-20(28(36)37)15-25(21)27)17-19-5-4-6-22(14-19)30(31,32)33/h4-12,14-15,18,26,34H,13,16-17H2,1H3,(H,36,37)(H,38,39)/t26-/m0/s1. The summed E-state index contributed by atoms with van der Waals surface area (Å²) >= 11 is 0. The Morgan fingerprint density at radius 1 is 1.05 bits per heavy atom. The number of carboxylic acid groups (broad SMARTS) is 2. The van der Waals surface area contributed by atoms with Gasteiger partial charge in [0.05, 0.1) is 16.0 Å². The summed E-state index contributed by atoms with van der Waals surface area (Å²) in [4.78, 5) is 23.6. The Kier molecular flexibility index (Phi) is 9.13. The maximum absolute atomic E-state index is 13.3. The van der Waals surface area contributed by atoms with Crippen LogP contribution in [-0.2, 0) is 34.0 Å². The minimum Gasteiger partial charge on any atom is -0.481 e. The van der Waals surface area contributed by atoms with Gasteiger partial charge in [-0.1, -0.05) is 18.1 Å². The second-order valence-electron chi connectivity index (χ2n) is 9.42. The molecule has 0 aliphatic carbocycles. The second-order valence-corrected chi connectivity index (χ2v) is 11.1. The molecule has 0 amide bonds. The van der Waals surface area contributed by atoms with Gasteiger partial charge in [-0.25, -0.2) is 13.2 Å². The molecule has 4 aromatic rings. The lowest BCUT2D eigenvalue weighted by molar-refractivity contribution is -0.139. The van der Waals surface area contributed by atoms with Crippen LogP contribution < -0.4 is 9.46 Å². The van der Waals surface area contributed by atoms with E-state index in [1.165, 1.54) is 60.8 Å². The Labute approximate surface area is 244 Å². The summed E-state index contributed by atoms with van der Waals surface area (Å²) in [6.45, 7) is 1.70. The summed E-state index contributed by atoms with van der Waals surface area (Å²) in [6.07, 6.45) is -3.47. The van der Waals surface area contributed by atoms with Gasteiger partial charge in [0.2, 0.25) is 10.0 Å². The van der Waals surface area contributed by atoms with E-state index in [4.69, 9.17) is 4.74 Å². The summed E-state index contributed by atoms with van der Waals surface area (Å²) in [6, 6.07) is 12.4. The number of carbonyl (C=O) groups is 2. The molecule has 0 radical (unpaired) electrons. The first-order chi connectivity index (χ1) is 20.3. The van der Waals surface area contributed by atoms with Crippen molar-refractivity contribution >= 4 is 32.9 Å². The minimum atomic E-state index is -4.56. The minimum absolute atomic E-state index is 0.0471. The van der Waals surface area contributed by atoms with E-state index in [0.29, 0.717) is 22.2 Å². The third-order valence-electron chi connectivity index (χ3n) is 6.46. The Hall–Kier alpha value is -4.80. The molecule has 0 bridgehead atoms. The average Bonchev–Trinajstić information content (AvgIpc) is 3.28. The molecule has 13 heteroatoms. The molecule has 0 spiro atoms. The summed E-state index contributed by atoms with van der Waals surface area (Å²) in [5.74, 6) is 2.98. The van der Waals surface area contributed by atoms with Crippen molar-refractivity contribution in [3.63, 3.8) is 0 Å². The number of hydrogen-bond donors (Lipinski definition) is 3. The Bertz CT molecular complexity index is 1840. The van der Waals surface area contributed by atoms with Gasteiger partial charge in [0.1, 0.15) is 18.4 Å². The number of aromatic nitrogens is 1. The highest BCUT2D eigenvalue weighted by Crippen LogP contribution is 2.31. The van der Waals surface area contributed by atoms with Crippen molar-refractivity contribution in [2.45, 2.75) is 37.0 Å². The molecule has 1 heterocycles. The van der Waals surface area contributed by atoms with Crippen LogP contribution in [0.5, 0.6) is 5.75 Å². The first-order valence-corrected chi connectivity index (χ1v) is 14.2. The highest BCUT2D eigenvalue weighted by Gasteiger charge is 2.31. The van der Waals surface area contributed by atoms with E-state index < -0.39 is 39.7 Å². The fourth-order valence-corrected chi connectivity index (χ4v) is 5.59. The van der Waals surface area contributed by atoms with Crippen LogP contribution in [0.2, 0.25) is 0 Å². The lowest BCUT2D eigenvalue weighted by Crippen LogP contribution is -2.42. The molecule has 0 unspecified atom stereocenters. The number of carboxylic acids is 2. The van der Waals surface area contributed by atoms with Crippen LogP contribution >= 0.6 is 0 Å². The highest BCUT2D eigenvalue weighted by atomic mass is 32.2. The topological polar surface area (TPSA) is 135 Å². The summed E-state index contributed by atoms with van der Waals surface area (Å²) < 4.78 is 75.0. The van der Waals surface area contributed by atoms with Crippen LogP contribution in [0.4, 0.5) is 13.2 Å². The van der Waals surface area contributed by atoms with Crippen molar-refractivity contribution in [1.29, 1.82) is 0 Å². The number of fused-ring (bicyclic) bond motifs is 1. The van der Waals surface area contributed by atoms with Crippen LogP contribution in [0.25, 0.3) is 10.9 Å². The normalized spacial score (nSPS) is 12.4. The van der Waals surface area contributed by atoms with Crippen molar-refractivity contribution in [1.82, 2.24) is 9.29 Å². The van der Waals surface area contributed by atoms with E-state index in [1.807, 2.05) is 0 Å². The predicted molar refractivity (Wildman–Crippen MR) is 150 cm³/mol. The van der Waals surface area contributed by atoms with E-state index >= 15 is 0 Å². The second kappa shape index (κ2) is 12.6. The third kappa shape index (κ3) is 7.54. The van der Waals surface area contributed by atoms with E-state index in [-0.39, 0.29) is 35.6 Å². The van der Waals surface area contributed by atoms with Gasteiger partial charge in [0.15, 0.2) is 0 Å². The molecule has 224 valence electrons. The zero-order valence-electron chi connectivity index (χ0n) is 22.6. The molecule has 43 heavy (non-hydrogen) atoms.